The van der Waals surface area contributed by atoms with Gasteiger partial charge in [0.1, 0.15) is 5.15 Å². The number of rotatable bonds is 1. The van der Waals surface area contributed by atoms with E-state index in [2.05, 4.69) is 51.9 Å². The van der Waals surface area contributed by atoms with Gasteiger partial charge in [-0.1, -0.05) is 23.7 Å². The minimum Gasteiger partial charge on any atom is -0.235 e. The standard InChI is InChI=1S/C12H10BrClN2/c1-7-3-4-9(5-8(7)2)12-15-6-10(13)11(14)16-12/h3-6H,1-2H3. The van der Waals surface area contributed by atoms with Crippen LogP contribution in [0.1, 0.15) is 11.1 Å². The first-order valence-corrected chi connectivity index (χ1v) is 6.00. The van der Waals surface area contributed by atoms with Gasteiger partial charge in [0.05, 0.1) is 4.47 Å². The molecule has 4 heteroatoms. The molecule has 82 valence electrons. The molecule has 2 rings (SSSR count). The highest BCUT2D eigenvalue weighted by atomic mass is 79.9. The third-order valence-corrected chi connectivity index (χ3v) is 3.56. The first-order chi connectivity index (χ1) is 7.58. The lowest BCUT2D eigenvalue weighted by Crippen LogP contribution is -1.91. The molecule has 16 heavy (non-hydrogen) atoms. The Labute approximate surface area is 108 Å². The molecule has 0 unspecified atom stereocenters. The van der Waals surface area contributed by atoms with Gasteiger partial charge in [0.2, 0.25) is 0 Å². The molecule has 0 radical (unpaired) electrons. The van der Waals surface area contributed by atoms with Gasteiger partial charge < -0.3 is 0 Å². The third kappa shape index (κ3) is 2.25. The lowest BCUT2D eigenvalue weighted by molar-refractivity contribution is 1.16. The van der Waals surface area contributed by atoms with E-state index >= 15 is 0 Å². The van der Waals surface area contributed by atoms with Crippen molar-refractivity contribution in [3.05, 3.63) is 45.1 Å². The molecule has 2 nitrogen and oxygen atoms in total. The van der Waals surface area contributed by atoms with E-state index in [0.717, 1.165) is 5.56 Å². The number of aryl methyl sites for hydroxylation is 2. The number of halogens is 2. The lowest BCUT2D eigenvalue weighted by Gasteiger charge is -2.04. The Balaban J connectivity index is 2.50. The molecule has 0 fully saturated rings. The molecule has 0 aliphatic heterocycles. The lowest BCUT2D eigenvalue weighted by atomic mass is 10.1. The van der Waals surface area contributed by atoms with Gasteiger partial charge in [-0.3, -0.25) is 0 Å². The summed E-state index contributed by atoms with van der Waals surface area (Å²) in [6, 6.07) is 6.13. The number of hydrogen-bond donors (Lipinski definition) is 0. The zero-order chi connectivity index (χ0) is 11.7. The Morgan fingerprint density at radius 3 is 2.56 bits per heavy atom. The van der Waals surface area contributed by atoms with Gasteiger partial charge in [-0.25, -0.2) is 9.97 Å². The first-order valence-electron chi connectivity index (χ1n) is 4.83. The molecule has 0 saturated heterocycles. The summed E-state index contributed by atoms with van der Waals surface area (Å²) < 4.78 is 0.710. The summed E-state index contributed by atoms with van der Waals surface area (Å²) in [5.41, 5.74) is 3.46. The van der Waals surface area contributed by atoms with Crippen molar-refractivity contribution in [2.45, 2.75) is 13.8 Å². The van der Waals surface area contributed by atoms with Crippen LogP contribution in [0.3, 0.4) is 0 Å². The van der Waals surface area contributed by atoms with Crippen LogP contribution in [0.2, 0.25) is 5.15 Å². The maximum atomic E-state index is 5.94. The number of hydrogen-bond acceptors (Lipinski definition) is 2. The maximum absolute atomic E-state index is 5.94. The van der Waals surface area contributed by atoms with Crippen LogP contribution in [0.4, 0.5) is 0 Å². The van der Waals surface area contributed by atoms with E-state index in [4.69, 9.17) is 11.6 Å². The average molecular weight is 298 g/mol. The van der Waals surface area contributed by atoms with E-state index in [1.54, 1.807) is 6.20 Å². The van der Waals surface area contributed by atoms with E-state index < -0.39 is 0 Å². The highest BCUT2D eigenvalue weighted by Gasteiger charge is 2.05. The second-order valence-corrected chi connectivity index (χ2v) is 4.84. The third-order valence-electron chi connectivity index (χ3n) is 2.47. The second kappa shape index (κ2) is 4.52. The summed E-state index contributed by atoms with van der Waals surface area (Å²) in [5.74, 6) is 0.649. The van der Waals surface area contributed by atoms with E-state index in [0.29, 0.717) is 15.5 Å². The van der Waals surface area contributed by atoms with Gasteiger partial charge >= 0.3 is 0 Å². The van der Waals surface area contributed by atoms with Crippen LogP contribution in [0, 0.1) is 13.8 Å². The summed E-state index contributed by atoms with van der Waals surface area (Å²) in [6.07, 6.45) is 1.67. The highest BCUT2D eigenvalue weighted by molar-refractivity contribution is 9.10. The predicted octanol–water partition coefficient (Wildman–Crippen LogP) is 4.18. The molecule has 2 aromatic rings. The van der Waals surface area contributed by atoms with E-state index in [1.807, 2.05) is 6.07 Å². The molecule has 1 aromatic carbocycles. The van der Waals surface area contributed by atoms with Crippen molar-refractivity contribution in [1.29, 1.82) is 0 Å². The summed E-state index contributed by atoms with van der Waals surface area (Å²) in [7, 11) is 0. The Kier molecular flexibility index (Phi) is 3.26. The van der Waals surface area contributed by atoms with Crippen LogP contribution in [-0.2, 0) is 0 Å². The second-order valence-electron chi connectivity index (χ2n) is 3.63. The Morgan fingerprint density at radius 1 is 1.19 bits per heavy atom. The smallest absolute Gasteiger partial charge is 0.160 e. The summed E-state index contributed by atoms with van der Waals surface area (Å²) in [5, 5.41) is 0.434. The molecule has 1 heterocycles. The minimum absolute atomic E-state index is 0.434. The average Bonchev–Trinajstić information content (AvgIpc) is 2.26. The SMILES string of the molecule is Cc1ccc(-c2ncc(Br)c(Cl)n2)cc1C. The Morgan fingerprint density at radius 2 is 1.94 bits per heavy atom. The molecule has 0 N–H and O–H groups in total. The maximum Gasteiger partial charge on any atom is 0.160 e. The molecular formula is C12H10BrClN2. The van der Waals surface area contributed by atoms with Crippen molar-refractivity contribution in [3.63, 3.8) is 0 Å². The Hall–Kier alpha value is -0.930. The van der Waals surface area contributed by atoms with Crippen molar-refractivity contribution in [3.8, 4) is 11.4 Å². The number of benzene rings is 1. The topological polar surface area (TPSA) is 25.8 Å². The fourth-order valence-corrected chi connectivity index (χ4v) is 1.69. The molecular weight excluding hydrogens is 288 g/mol. The van der Waals surface area contributed by atoms with Crippen LogP contribution in [0.5, 0.6) is 0 Å². The molecule has 0 spiro atoms. The van der Waals surface area contributed by atoms with Crippen LogP contribution < -0.4 is 0 Å². The number of nitrogens with zero attached hydrogens (tertiary/aromatic N) is 2. The zero-order valence-corrected chi connectivity index (χ0v) is 11.3. The summed E-state index contributed by atoms with van der Waals surface area (Å²) in [4.78, 5) is 8.46. The largest absolute Gasteiger partial charge is 0.235 e. The molecule has 0 atom stereocenters. The van der Waals surface area contributed by atoms with Gasteiger partial charge in [-0.15, -0.1) is 0 Å². The number of aromatic nitrogens is 2. The molecule has 1 aromatic heterocycles. The van der Waals surface area contributed by atoms with Crippen LogP contribution in [0.15, 0.2) is 28.9 Å². The molecule has 0 aliphatic rings. The van der Waals surface area contributed by atoms with E-state index in [9.17, 15) is 0 Å². The minimum atomic E-state index is 0.434. The monoisotopic (exact) mass is 296 g/mol. The van der Waals surface area contributed by atoms with Gasteiger partial charge in [-0.2, -0.15) is 0 Å². The normalized spacial score (nSPS) is 10.5. The summed E-state index contributed by atoms with van der Waals surface area (Å²) in [6.45, 7) is 4.15. The molecule has 0 saturated carbocycles. The van der Waals surface area contributed by atoms with Gasteiger partial charge in [-0.05, 0) is 47.0 Å². The molecule has 0 aliphatic carbocycles. The van der Waals surface area contributed by atoms with Gasteiger partial charge in [0, 0.05) is 11.8 Å². The Bertz CT molecular complexity index is 491. The highest BCUT2D eigenvalue weighted by Crippen LogP contribution is 2.24. The van der Waals surface area contributed by atoms with Crippen LogP contribution >= 0.6 is 27.5 Å². The van der Waals surface area contributed by atoms with Gasteiger partial charge in [0.25, 0.3) is 0 Å². The molecule has 0 amide bonds. The summed E-state index contributed by atoms with van der Waals surface area (Å²) >= 11 is 9.21. The van der Waals surface area contributed by atoms with E-state index in [1.165, 1.54) is 11.1 Å². The van der Waals surface area contributed by atoms with Crippen molar-refractivity contribution in [1.82, 2.24) is 9.97 Å². The van der Waals surface area contributed by atoms with Crippen molar-refractivity contribution in [2.24, 2.45) is 0 Å². The van der Waals surface area contributed by atoms with Crippen LogP contribution in [-0.4, -0.2) is 9.97 Å². The first kappa shape index (κ1) is 11.6. The molecule has 0 bridgehead atoms. The van der Waals surface area contributed by atoms with Crippen LogP contribution in [0.25, 0.3) is 11.4 Å². The zero-order valence-electron chi connectivity index (χ0n) is 8.96. The fraction of sp³-hybridized carbons (Fsp3) is 0.167. The fourth-order valence-electron chi connectivity index (χ4n) is 1.37. The van der Waals surface area contributed by atoms with Gasteiger partial charge in [0.15, 0.2) is 5.82 Å². The quantitative estimate of drug-likeness (QED) is 0.738. The van der Waals surface area contributed by atoms with Crippen molar-refractivity contribution >= 4 is 27.5 Å². The predicted molar refractivity (Wildman–Crippen MR) is 69.7 cm³/mol. The van der Waals surface area contributed by atoms with Crippen molar-refractivity contribution in [2.75, 3.05) is 0 Å². The van der Waals surface area contributed by atoms with E-state index in [-0.39, 0.29) is 0 Å². The van der Waals surface area contributed by atoms with Crippen molar-refractivity contribution < 1.29 is 0 Å².